The van der Waals surface area contributed by atoms with Gasteiger partial charge in [0.15, 0.2) is 11.6 Å². The minimum atomic E-state index is 0.608. The van der Waals surface area contributed by atoms with Gasteiger partial charge in [-0.1, -0.05) is 24.3 Å². The summed E-state index contributed by atoms with van der Waals surface area (Å²) >= 11 is 1.63. The molecule has 0 spiro atoms. The molecule has 5 nitrogen and oxygen atoms in total. The zero-order valence-electron chi connectivity index (χ0n) is 12.1. The summed E-state index contributed by atoms with van der Waals surface area (Å²) in [6, 6.07) is 8.10. The standard InChI is InChI=1S/C15H17N5S/c1-9-5-3-4-6-11(9)14-18-15(20-19-14)13-10(2)17-12(21-13)7-8-16/h3-6H,7-8,16H2,1-2H3,(H,18,19,20). The maximum absolute atomic E-state index is 5.59. The lowest BCUT2D eigenvalue weighted by atomic mass is 10.1. The Hall–Kier alpha value is -2.05. The molecule has 0 saturated carbocycles. The topological polar surface area (TPSA) is 80.5 Å². The highest BCUT2D eigenvalue weighted by Crippen LogP contribution is 2.29. The fourth-order valence-corrected chi connectivity index (χ4v) is 3.23. The minimum Gasteiger partial charge on any atom is -0.330 e. The first-order chi connectivity index (χ1) is 10.2. The number of H-pyrrole nitrogens is 1. The summed E-state index contributed by atoms with van der Waals surface area (Å²) in [5.41, 5.74) is 8.76. The Kier molecular flexibility index (Phi) is 3.81. The summed E-state index contributed by atoms with van der Waals surface area (Å²) in [6.45, 7) is 4.65. The molecule has 2 aromatic heterocycles. The third-order valence-corrected chi connectivity index (χ3v) is 4.51. The van der Waals surface area contributed by atoms with Crippen molar-refractivity contribution in [1.29, 1.82) is 0 Å². The summed E-state index contributed by atoms with van der Waals surface area (Å²) in [4.78, 5) is 10.2. The van der Waals surface area contributed by atoms with Crippen LogP contribution in [0.1, 0.15) is 16.3 Å². The molecule has 0 radical (unpaired) electrons. The van der Waals surface area contributed by atoms with E-state index in [2.05, 4.69) is 33.2 Å². The maximum Gasteiger partial charge on any atom is 0.181 e. The lowest BCUT2D eigenvalue weighted by molar-refractivity contribution is 0.945. The number of hydrogen-bond donors (Lipinski definition) is 2. The molecule has 0 aliphatic rings. The van der Waals surface area contributed by atoms with Crippen LogP contribution in [0.5, 0.6) is 0 Å². The summed E-state index contributed by atoms with van der Waals surface area (Å²) < 4.78 is 0. The molecule has 6 heteroatoms. The van der Waals surface area contributed by atoms with E-state index in [1.807, 2.05) is 25.1 Å². The number of thiazole rings is 1. The number of nitrogens with two attached hydrogens (primary N) is 1. The van der Waals surface area contributed by atoms with Crippen molar-refractivity contribution < 1.29 is 0 Å². The van der Waals surface area contributed by atoms with Gasteiger partial charge >= 0.3 is 0 Å². The number of aryl methyl sites for hydroxylation is 2. The van der Waals surface area contributed by atoms with Crippen molar-refractivity contribution >= 4 is 11.3 Å². The summed E-state index contributed by atoms with van der Waals surface area (Å²) in [5, 5.41) is 8.40. The summed E-state index contributed by atoms with van der Waals surface area (Å²) in [5.74, 6) is 1.49. The van der Waals surface area contributed by atoms with Gasteiger partial charge in [-0.25, -0.2) is 9.97 Å². The normalized spacial score (nSPS) is 11.0. The second-order valence-electron chi connectivity index (χ2n) is 4.88. The van der Waals surface area contributed by atoms with E-state index < -0.39 is 0 Å². The van der Waals surface area contributed by atoms with Gasteiger partial charge in [0.2, 0.25) is 0 Å². The zero-order valence-corrected chi connectivity index (χ0v) is 12.9. The molecule has 0 aliphatic heterocycles. The van der Waals surface area contributed by atoms with Crippen LogP contribution in [-0.2, 0) is 6.42 Å². The average molecular weight is 299 g/mol. The number of rotatable bonds is 4. The number of benzene rings is 1. The van der Waals surface area contributed by atoms with E-state index >= 15 is 0 Å². The molecule has 0 bridgehead atoms. The van der Waals surface area contributed by atoms with Crippen molar-refractivity contribution in [3.8, 4) is 22.1 Å². The van der Waals surface area contributed by atoms with Crippen molar-refractivity contribution in [1.82, 2.24) is 20.2 Å². The molecule has 3 aromatic rings. The van der Waals surface area contributed by atoms with Crippen LogP contribution < -0.4 is 5.73 Å². The molecule has 0 unspecified atom stereocenters. The van der Waals surface area contributed by atoms with E-state index in [0.717, 1.165) is 44.8 Å². The first kappa shape index (κ1) is 13.9. The first-order valence-electron chi connectivity index (χ1n) is 6.84. The van der Waals surface area contributed by atoms with E-state index in [9.17, 15) is 0 Å². The van der Waals surface area contributed by atoms with E-state index in [0.29, 0.717) is 6.54 Å². The van der Waals surface area contributed by atoms with Crippen LogP contribution in [0.4, 0.5) is 0 Å². The lowest BCUT2D eigenvalue weighted by Crippen LogP contribution is -2.01. The van der Waals surface area contributed by atoms with Crippen molar-refractivity contribution in [3.63, 3.8) is 0 Å². The Morgan fingerprint density at radius 3 is 2.76 bits per heavy atom. The molecule has 21 heavy (non-hydrogen) atoms. The number of aromatic nitrogens is 4. The van der Waals surface area contributed by atoms with Gasteiger partial charge in [0.25, 0.3) is 0 Å². The lowest BCUT2D eigenvalue weighted by Gasteiger charge is -1.98. The Balaban J connectivity index is 1.97. The van der Waals surface area contributed by atoms with Gasteiger partial charge in [-0.2, -0.15) is 5.10 Å². The maximum atomic E-state index is 5.59. The van der Waals surface area contributed by atoms with E-state index in [-0.39, 0.29) is 0 Å². The monoisotopic (exact) mass is 299 g/mol. The van der Waals surface area contributed by atoms with Crippen molar-refractivity contribution in [3.05, 3.63) is 40.5 Å². The summed E-state index contributed by atoms with van der Waals surface area (Å²) in [6.07, 6.45) is 0.796. The molecule has 0 amide bonds. The molecule has 0 aliphatic carbocycles. The third-order valence-electron chi connectivity index (χ3n) is 3.29. The van der Waals surface area contributed by atoms with Crippen LogP contribution in [0.25, 0.3) is 22.1 Å². The van der Waals surface area contributed by atoms with Crippen LogP contribution in [0, 0.1) is 13.8 Å². The van der Waals surface area contributed by atoms with Crippen LogP contribution in [0.2, 0.25) is 0 Å². The van der Waals surface area contributed by atoms with Crippen LogP contribution in [0.3, 0.4) is 0 Å². The molecule has 0 atom stereocenters. The molecular weight excluding hydrogens is 282 g/mol. The van der Waals surface area contributed by atoms with Crippen molar-refractivity contribution in [2.75, 3.05) is 6.54 Å². The van der Waals surface area contributed by atoms with Gasteiger partial charge in [0.1, 0.15) is 0 Å². The van der Waals surface area contributed by atoms with Gasteiger partial charge in [-0.05, 0) is 26.0 Å². The van der Waals surface area contributed by atoms with E-state index in [1.165, 1.54) is 0 Å². The van der Waals surface area contributed by atoms with Crippen molar-refractivity contribution in [2.45, 2.75) is 20.3 Å². The molecule has 3 rings (SSSR count). The molecular formula is C15H17N5S. The van der Waals surface area contributed by atoms with Gasteiger partial charge in [0.05, 0.1) is 15.6 Å². The quantitative estimate of drug-likeness (QED) is 0.776. The molecule has 0 saturated heterocycles. The molecule has 108 valence electrons. The second kappa shape index (κ2) is 5.75. The predicted octanol–water partition coefficient (Wildman–Crippen LogP) is 2.71. The highest BCUT2D eigenvalue weighted by Gasteiger charge is 2.15. The van der Waals surface area contributed by atoms with Crippen LogP contribution in [0.15, 0.2) is 24.3 Å². The average Bonchev–Trinajstić information content (AvgIpc) is 3.06. The minimum absolute atomic E-state index is 0.608. The summed E-state index contributed by atoms with van der Waals surface area (Å²) in [7, 11) is 0. The largest absolute Gasteiger partial charge is 0.330 e. The van der Waals surface area contributed by atoms with Gasteiger partial charge in [-0.3, -0.25) is 5.10 Å². The second-order valence-corrected chi connectivity index (χ2v) is 5.97. The Bertz CT molecular complexity index is 759. The Labute approximate surface area is 127 Å². The smallest absolute Gasteiger partial charge is 0.181 e. The highest BCUT2D eigenvalue weighted by atomic mass is 32.1. The zero-order chi connectivity index (χ0) is 14.8. The fraction of sp³-hybridized carbons (Fsp3) is 0.267. The highest BCUT2D eigenvalue weighted by molar-refractivity contribution is 7.15. The van der Waals surface area contributed by atoms with Gasteiger partial charge in [0, 0.05) is 12.0 Å². The van der Waals surface area contributed by atoms with Crippen LogP contribution >= 0.6 is 11.3 Å². The Morgan fingerprint density at radius 1 is 1.19 bits per heavy atom. The number of aromatic amines is 1. The SMILES string of the molecule is Cc1ccccc1-c1n[nH]c(-c2sc(CCN)nc2C)n1. The molecule has 1 aromatic carbocycles. The fourth-order valence-electron chi connectivity index (χ4n) is 2.21. The molecule has 2 heterocycles. The van der Waals surface area contributed by atoms with Gasteiger partial charge in [-0.15, -0.1) is 11.3 Å². The number of nitrogens with one attached hydrogen (secondary N) is 1. The van der Waals surface area contributed by atoms with E-state index in [1.54, 1.807) is 11.3 Å². The molecule has 0 fully saturated rings. The third kappa shape index (κ3) is 2.72. The number of nitrogens with zero attached hydrogens (tertiary/aromatic N) is 3. The predicted molar refractivity (Wildman–Crippen MR) is 85.2 cm³/mol. The number of hydrogen-bond acceptors (Lipinski definition) is 5. The van der Waals surface area contributed by atoms with Crippen molar-refractivity contribution in [2.24, 2.45) is 5.73 Å². The van der Waals surface area contributed by atoms with Crippen LogP contribution in [-0.4, -0.2) is 26.7 Å². The van der Waals surface area contributed by atoms with Gasteiger partial charge < -0.3 is 5.73 Å². The molecule has 3 N–H and O–H groups in total. The van der Waals surface area contributed by atoms with E-state index in [4.69, 9.17) is 5.73 Å². The first-order valence-corrected chi connectivity index (χ1v) is 7.66. The Morgan fingerprint density at radius 2 is 2.00 bits per heavy atom.